The van der Waals surface area contributed by atoms with Crippen LogP contribution in [0, 0.1) is 23.7 Å². The number of fused-ring (bicyclic) bond motifs is 4. The molecular weight excluding hydrogens is 1220 g/mol. The van der Waals surface area contributed by atoms with Crippen LogP contribution >= 0.6 is 11.6 Å². The largest absolute Gasteiger partial charge is 0.368 e. The summed E-state index contributed by atoms with van der Waals surface area (Å²) in [7, 11) is 0. The molecule has 4 aromatic carbocycles. The van der Waals surface area contributed by atoms with Gasteiger partial charge in [-0.15, -0.1) is 11.6 Å². The maximum absolute atomic E-state index is 12.1. The number of hydrogen-bond donors (Lipinski definition) is 11. The zero-order valence-corrected chi connectivity index (χ0v) is 56.7. The summed E-state index contributed by atoms with van der Waals surface area (Å²) < 4.78 is 0. The molecular formula is C68H95ClN22O4. The van der Waals surface area contributed by atoms with E-state index in [1.54, 1.807) is 0 Å². The lowest BCUT2D eigenvalue weighted by Gasteiger charge is -2.34. The highest BCUT2D eigenvalue weighted by atomic mass is 35.5. The quantitative estimate of drug-likeness (QED) is 0.0368. The Hall–Kier alpha value is -8.63. The number of alkyl halides is 1. The van der Waals surface area contributed by atoms with E-state index >= 15 is 0 Å². The fraction of sp³-hybridized carbons (Fsp3) is 0.471. The molecule has 0 bridgehead atoms. The van der Waals surface area contributed by atoms with E-state index in [4.69, 9.17) is 64.4 Å². The number of nitrogens with one attached hydrogen (secondary N) is 7. The molecule has 4 amide bonds. The van der Waals surface area contributed by atoms with Crippen molar-refractivity contribution in [2.45, 2.75) is 105 Å². The molecule has 0 unspecified atom stereocenters. The van der Waals surface area contributed by atoms with Gasteiger partial charge in [-0.05, 0) is 72.2 Å². The van der Waals surface area contributed by atoms with Crippen LogP contribution in [0.1, 0.15) is 78.7 Å². The Morgan fingerprint density at radius 1 is 0.368 bits per heavy atom. The molecule has 3 fully saturated rings. The lowest BCUT2D eigenvalue weighted by atomic mass is 10.0. The maximum Gasteiger partial charge on any atom is 0.240 e. The molecule has 4 aromatic heterocycles. The minimum Gasteiger partial charge on any atom is -0.368 e. The van der Waals surface area contributed by atoms with Gasteiger partial charge in [-0.2, -0.15) is 0 Å². The third kappa shape index (κ3) is 20.7. The molecule has 4 atom stereocenters. The van der Waals surface area contributed by atoms with Crippen molar-refractivity contribution in [3.63, 3.8) is 0 Å². The van der Waals surface area contributed by atoms with Crippen LogP contribution in [-0.2, 0) is 44.7 Å². The Labute approximate surface area is 561 Å². The van der Waals surface area contributed by atoms with E-state index in [0.717, 1.165) is 128 Å². The van der Waals surface area contributed by atoms with Gasteiger partial charge in [0.05, 0.1) is 47.6 Å². The van der Waals surface area contributed by atoms with Crippen molar-refractivity contribution in [1.82, 2.24) is 70.5 Å². The average molecular weight is 1320 g/mol. The number of nitrogens with zero attached hydrogens (tertiary/aromatic N) is 11. The molecule has 26 nitrogen and oxygen atoms in total. The number of primary amides is 4. The monoisotopic (exact) mass is 1320 g/mol. The minimum atomic E-state index is -0.537. The number of rotatable bonds is 23. The molecule has 508 valence electrons. The summed E-state index contributed by atoms with van der Waals surface area (Å²) in [5.74, 6) is 3.91. The van der Waals surface area contributed by atoms with Gasteiger partial charge in [0, 0.05) is 100 Å². The number of hydrogen-bond acceptors (Lipinski definition) is 22. The number of aromatic nitrogens is 8. The standard InChI is InChI=1S/C32H42N10O2.C18H26N6O.C14H17ClN4O.C4H10N2/c1-19(2)27(29(33)43)39-31-21-9-5-7-11-23(21)35-25(37-31)17-41-13-15-42(16-14-41)18-26-36-24-12-8-6-10-22(24)32(38-26)40-28(20(3)4)30(34)44;1-12(2)16(17(19)25)23-18-13-5-3-4-6-14(13)21-15(22-18)11-24-9-7-20-8-10-24;1-8(2)12(13(16)20)19-14-9-5-3-4-6-10(9)17-11(7-15)18-14;1-2-6-4-3-5-1/h5-12,19-20,27-28H,13-18H2,1-4H3,(H2,33,43)(H2,34,44)(H,35,37,39)(H,36,38,40);3-6,12,16,20H,7-11H2,1-2H3,(H2,19,25)(H,21,22,23);3-6,8,12H,7H2,1-2H3,(H2,16,20)(H,17,18,19);5-6H,1-4H2/t27-,28-;16-;12-;/m000./s1. The van der Waals surface area contributed by atoms with Crippen LogP contribution in [-0.4, -0.2) is 181 Å². The van der Waals surface area contributed by atoms with Crippen molar-refractivity contribution < 1.29 is 19.2 Å². The van der Waals surface area contributed by atoms with Crippen LogP contribution in [0.5, 0.6) is 0 Å². The first-order valence-electron chi connectivity index (χ1n) is 32.8. The predicted octanol–water partition coefficient (Wildman–Crippen LogP) is 5.16. The van der Waals surface area contributed by atoms with Crippen LogP contribution in [0.15, 0.2) is 97.1 Å². The molecule has 3 saturated heterocycles. The number of carbonyl (C=O) groups is 4. The molecule has 11 rings (SSSR count). The highest BCUT2D eigenvalue weighted by molar-refractivity contribution is 6.16. The Bertz CT molecular complexity index is 3710. The van der Waals surface area contributed by atoms with Crippen LogP contribution in [0.2, 0.25) is 0 Å². The lowest BCUT2D eigenvalue weighted by molar-refractivity contribution is -0.120. The number of halogens is 1. The van der Waals surface area contributed by atoms with Gasteiger partial charge in [-0.3, -0.25) is 33.9 Å². The van der Waals surface area contributed by atoms with Crippen LogP contribution in [0.4, 0.5) is 23.3 Å². The topological polar surface area (TPSA) is 369 Å². The first kappa shape index (κ1) is 72.2. The van der Waals surface area contributed by atoms with E-state index in [1.165, 1.54) is 0 Å². The molecule has 0 radical (unpaired) electrons. The van der Waals surface area contributed by atoms with Crippen LogP contribution in [0.25, 0.3) is 43.6 Å². The Morgan fingerprint density at radius 3 is 0.842 bits per heavy atom. The van der Waals surface area contributed by atoms with E-state index in [1.807, 2.05) is 152 Å². The highest BCUT2D eigenvalue weighted by Crippen LogP contribution is 2.28. The van der Waals surface area contributed by atoms with Crippen molar-refractivity contribution in [3.05, 3.63) is 120 Å². The summed E-state index contributed by atoms with van der Waals surface area (Å²) in [6, 6.07) is 28.9. The van der Waals surface area contributed by atoms with Crippen molar-refractivity contribution in [2.75, 3.05) is 99.8 Å². The average Bonchev–Trinajstić information content (AvgIpc) is 0.840. The van der Waals surface area contributed by atoms with Gasteiger partial charge in [0.15, 0.2) is 0 Å². The second-order valence-electron chi connectivity index (χ2n) is 25.3. The van der Waals surface area contributed by atoms with E-state index < -0.39 is 41.9 Å². The van der Waals surface area contributed by atoms with Gasteiger partial charge < -0.3 is 60.2 Å². The normalized spacial score (nSPS) is 16.0. The zero-order chi connectivity index (χ0) is 68.1. The summed E-state index contributed by atoms with van der Waals surface area (Å²) in [5, 5.41) is 26.1. The molecule has 27 heteroatoms. The fourth-order valence-corrected chi connectivity index (χ4v) is 11.4. The number of piperazine rings is 3. The summed E-state index contributed by atoms with van der Waals surface area (Å²) in [5.41, 5.74) is 25.6. The Morgan fingerprint density at radius 2 is 0.600 bits per heavy atom. The number of nitrogens with two attached hydrogens (primary N) is 4. The number of carbonyl (C=O) groups excluding carboxylic acids is 4. The van der Waals surface area contributed by atoms with Gasteiger partial charge in [-0.1, -0.05) is 104 Å². The summed E-state index contributed by atoms with van der Waals surface area (Å²) in [6.07, 6.45) is 0. The van der Waals surface area contributed by atoms with Gasteiger partial charge in [-0.25, -0.2) is 39.9 Å². The zero-order valence-electron chi connectivity index (χ0n) is 55.9. The van der Waals surface area contributed by atoms with Gasteiger partial charge >= 0.3 is 0 Å². The van der Waals surface area contributed by atoms with Crippen molar-refractivity contribution in [1.29, 1.82) is 0 Å². The van der Waals surface area contributed by atoms with Crippen molar-refractivity contribution in [2.24, 2.45) is 46.6 Å². The molecule has 0 saturated carbocycles. The lowest BCUT2D eigenvalue weighted by Crippen LogP contribution is -2.46. The Balaban J connectivity index is 0.000000190. The molecule has 7 heterocycles. The van der Waals surface area contributed by atoms with Crippen molar-refractivity contribution in [3.8, 4) is 0 Å². The van der Waals surface area contributed by atoms with Crippen LogP contribution < -0.4 is 60.2 Å². The molecule has 3 aliphatic rings. The fourth-order valence-electron chi connectivity index (χ4n) is 11.2. The molecule has 0 aliphatic carbocycles. The number of anilines is 4. The summed E-state index contributed by atoms with van der Waals surface area (Å²) in [6.45, 7) is 29.2. The molecule has 95 heavy (non-hydrogen) atoms. The summed E-state index contributed by atoms with van der Waals surface area (Å²) in [4.78, 5) is 91.9. The highest BCUT2D eigenvalue weighted by Gasteiger charge is 2.27. The maximum atomic E-state index is 12.1. The molecule has 3 aliphatic heterocycles. The number of benzene rings is 4. The van der Waals surface area contributed by atoms with E-state index in [9.17, 15) is 19.2 Å². The Kier molecular flexibility index (Phi) is 26.8. The van der Waals surface area contributed by atoms with Gasteiger partial charge in [0.1, 0.15) is 70.7 Å². The van der Waals surface area contributed by atoms with E-state index in [2.05, 4.69) is 61.9 Å². The SMILES string of the molecule is C1CNCCN1.CC(C)[C@H](Nc1nc(CCl)nc2ccccc12)C(N)=O.CC(C)[C@H](Nc1nc(CN2CCN(Cc3nc(N[C@H](C(N)=O)C(C)C)c4ccccc4n3)CC2)nc2ccccc12)C(N)=O.CC(C)[C@H](Nc1nc(CN2CCNCC2)nc2ccccc12)C(N)=O. The summed E-state index contributed by atoms with van der Waals surface area (Å²) >= 11 is 5.82. The van der Waals surface area contributed by atoms with Crippen molar-refractivity contribution >= 4 is 102 Å². The molecule has 0 spiro atoms. The molecule has 15 N–H and O–H groups in total. The minimum absolute atomic E-state index is 0.0102. The van der Waals surface area contributed by atoms with E-state index in [0.29, 0.717) is 60.4 Å². The molecule has 8 aromatic rings. The van der Waals surface area contributed by atoms with Gasteiger partial charge in [0.25, 0.3) is 0 Å². The van der Waals surface area contributed by atoms with Gasteiger partial charge in [0.2, 0.25) is 23.6 Å². The number of amides is 4. The van der Waals surface area contributed by atoms with Crippen LogP contribution in [0.3, 0.4) is 0 Å². The van der Waals surface area contributed by atoms with E-state index in [-0.39, 0.29) is 35.5 Å². The second kappa shape index (κ2) is 35.2. The smallest absolute Gasteiger partial charge is 0.240 e. The predicted molar refractivity (Wildman–Crippen MR) is 378 cm³/mol. The third-order valence-electron chi connectivity index (χ3n) is 16.5. The first-order valence-corrected chi connectivity index (χ1v) is 33.3. The first-order chi connectivity index (χ1) is 45.6. The third-order valence-corrected chi connectivity index (χ3v) is 16.7. The number of para-hydroxylation sites is 4. The second-order valence-corrected chi connectivity index (χ2v) is 25.6.